The maximum atomic E-state index is 5.81. The van der Waals surface area contributed by atoms with Crippen LogP contribution >= 0.6 is 0 Å². The molecule has 1 aromatic carbocycles. The summed E-state index contributed by atoms with van der Waals surface area (Å²) in [6.07, 6.45) is 7.37. The zero-order valence-electron chi connectivity index (χ0n) is 17.0. The lowest BCUT2D eigenvalue weighted by Gasteiger charge is -2.34. The van der Waals surface area contributed by atoms with E-state index in [9.17, 15) is 0 Å². The van der Waals surface area contributed by atoms with E-state index in [0.717, 1.165) is 55.4 Å². The summed E-state index contributed by atoms with van der Waals surface area (Å²) >= 11 is 0. The quantitative estimate of drug-likeness (QED) is 0.712. The Balaban J connectivity index is 1.30. The first-order valence-electron chi connectivity index (χ1n) is 10.4. The number of fused-ring (bicyclic) bond motifs is 1. The first kappa shape index (κ1) is 18.6. The summed E-state index contributed by atoms with van der Waals surface area (Å²) < 4.78 is 5.81. The molecule has 0 bridgehead atoms. The highest BCUT2D eigenvalue weighted by atomic mass is 16.5. The highest BCUT2D eigenvalue weighted by Gasteiger charge is 2.25. The number of anilines is 4. The molecule has 4 heterocycles. The van der Waals surface area contributed by atoms with Crippen LogP contribution in [0.5, 0.6) is 5.75 Å². The summed E-state index contributed by atoms with van der Waals surface area (Å²) in [7, 11) is 0. The molecule has 8 heteroatoms. The summed E-state index contributed by atoms with van der Waals surface area (Å²) in [5.41, 5.74) is 3.50. The van der Waals surface area contributed by atoms with E-state index in [1.165, 1.54) is 5.56 Å². The molecule has 0 atom stereocenters. The van der Waals surface area contributed by atoms with Gasteiger partial charge >= 0.3 is 0 Å². The van der Waals surface area contributed by atoms with Crippen molar-refractivity contribution in [3.05, 3.63) is 54.5 Å². The van der Waals surface area contributed by atoms with Crippen molar-refractivity contribution >= 4 is 23.1 Å². The van der Waals surface area contributed by atoms with E-state index in [1.807, 2.05) is 12.3 Å². The molecule has 3 aromatic rings. The third-order valence-corrected chi connectivity index (χ3v) is 5.73. The number of benzene rings is 1. The molecule has 154 valence electrons. The summed E-state index contributed by atoms with van der Waals surface area (Å²) in [5, 5.41) is 11.4. The Bertz CT molecular complexity index is 1010. The van der Waals surface area contributed by atoms with Crippen LogP contribution in [-0.4, -0.2) is 52.4 Å². The summed E-state index contributed by atoms with van der Waals surface area (Å²) in [6, 6.07) is 10.7. The van der Waals surface area contributed by atoms with Crippen molar-refractivity contribution in [2.75, 3.05) is 41.4 Å². The number of nitrogens with one attached hydrogen (secondary N) is 1. The first-order valence-corrected chi connectivity index (χ1v) is 10.4. The highest BCUT2D eigenvalue weighted by molar-refractivity contribution is 5.69. The summed E-state index contributed by atoms with van der Waals surface area (Å²) in [6.45, 7) is 5.45. The predicted octanol–water partition coefficient (Wildman–Crippen LogP) is 3.19. The maximum absolute atomic E-state index is 5.81. The Hall–Kier alpha value is -3.42. The van der Waals surface area contributed by atoms with Gasteiger partial charge in [-0.25, -0.2) is 4.98 Å². The van der Waals surface area contributed by atoms with E-state index in [4.69, 9.17) is 9.72 Å². The predicted molar refractivity (Wildman–Crippen MR) is 117 cm³/mol. The number of ether oxygens (including phenoxy) is 1. The lowest BCUT2D eigenvalue weighted by Crippen LogP contribution is -2.39. The molecule has 30 heavy (non-hydrogen) atoms. The third kappa shape index (κ3) is 3.72. The van der Waals surface area contributed by atoms with Gasteiger partial charge in [-0.2, -0.15) is 15.2 Å². The minimum atomic E-state index is 0.338. The van der Waals surface area contributed by atoms with Gasteiger partial charge in [-0.15, -0.1) is 0 Å². The Labute approximate surface area is 175 Å². The third-order valence-electron chi connectivity index (χ3n) is 5.73. The van der Waals surface area contributed by atoms with Crippen LogP contribution in [-0.2, 0) is 0 Å². The van der Waals surface area contributed by atoms with Crippen molar-refractivity contribution in [3.8, 4) is 5.75 Å². The number of rotatable bonds is 4. The molecule has 1 N–H and O–H groups in total. The molecule has 0 aliphatic carbocycles. The Morgan fingerprint density at radius 1 is 1.03 bits per heavy atom. The molecule has 0 amide bonds. The molecule has 0 saturated carbocycles. The SMILES string of the molecule is Cc1ccccc1N1CCOc2cnc(NC3CCN(c4ccnnc4)CC3)nc21. The largest absolute Gasteiger partial charge is 0.486 e. The number of piperidine rings is 1. The number of nitrogens with zero attached hydrogens (tertiary/aromatic N) is 6. The number of hydrogen-bond donors (Lipinski definition) is 1. The molecule has 0 unspecified atom stereocenters. The van der Waals surface area contributed by atoms with Gasteiger partial charge in [-0.3, -0.25) is 0 Å². The molecule has 2 aliphatic heterocycles. The van der Waals surface area contributed by atoms with Gasteiger partial charge in [0.25, 0.3) is 0 Å². The molecule has 2 aliphatic rings. The van der Waals surface area contributed by atoms with Crippen LogP contribution in [0, 0.1) is 6.92 Å². The molecular weight excluding hydrogens is 378 g/mol. The van der Waals surface area contributed by atoms with Crippen LogP contribution in [0.4, 0.5) is 23.1 Å². The van der Waals surface area contributed by atoms with E-state index >= 15 is 0 Å². The molecule has 5 rings (SSSR count). The van der Waals surface area contributed by atoms with Gasteiger partial charge < -0.3 is 19.9 Å². The molecule has 0 spiro atoms. The number of para-hydroxylation sites is 1. The van der Waals surface area contributed by atoms with E-state index in [1.54, 1.807) is 12.4 Å². The van der Waals surface area contributed by atoms with Crippen molar-refractivity contribution in [3.63, 3.8) is 0 Å². The normalized spacial score (nSPS) is 16.7. The monoisotopic (exact) mass is 403 g/mol. The summed E-state index contributed by atoms with van der Waals surface area (Å²) in [5.74, 6) is 2.21. The van der Waals surface area contributed by atoms with E-state index in [0.29, 0.717) is 18.6 Å². The summed E-state index contributed by atoms with van der Waals surface area (Å²) in [4.78, 5) is 13.9. The smallest absolute Gasteiger partial charge is 0.225 e. The zero-order chi connectivity index (χ0) is 20.3. The Morgan fingerprint density at radius 2 is 1.90 bits per heavy atom. The van der Waals surface area contributed by atoms with Crippen molar-refractivity contribution in [1.29, 1.82) is 0 Å². The Kier molecular flexibility index (Phi) is 5.04. The van der Waals surface area contributed by atoms with Crippen LogP contribution in [0.3, 0.4) is 0 Å². The second kappa shape index (κ2) is 8.14. The lowest BCUT2D eigenvalue weighted by atomic mass is 10.0. The fraction of sp³-hybridized carbons (Fsp3) is 0.364. The van der Waals surface area contributed by atoms with Crippen LogP contribution in [0.25, 0.3) is 0 Å². The maximum Gasteiger partial charge on any atom is 0.225 e. The van der Waals surface area contributed by atoms with Crippen molar-refractivity contribution in [2.24, 2.45) is 0 Å². The van der Waals surface area contributed by atoms with Gasteiger partial charge in [-0.05, 0) is 37.5 Å². The average Bonchev–Trinajstić information content (AvgIpc) is 2.80. The fourth-order valence-corrected chi connectivity index (χ4v) is 4.12. The van der Waals surface area contributed by atoms with Gasteiger partial charge in [-0.1, -0.05) is 18.2 Å². The minimum absolute atomic E-state index is 0.338. The number of aryl methyl sites for hydroxylation is 1. The van der Waals surface area contributed by atoms with E-state index < -0.39 is 0 Å². The molecule has 2 aromatic heterocycles. The standard InChI is InChI=1S/C22H25N7O/c1-16-4-2-3-5-19(16)29-12-13-30-20-15-23-22(27-21(20)29)26-17-7-10-28(11-8-17)18-6-9-24-25-14-18/h2-6,9,14-15,17H,7-8,10-13H2,1H3,(H,23,26,27). The van der Waals surface area contributed by atoms with Gasteiger partial charge in [0.1, 0.15) is 6.61 Å². The fourth-order valence-electron chi connectivity index (χ4n) is 4.12. The van der Waals surface area contributed by atoms with Gasteiger partial charge in [0, 0.05) is 24.8 Å². The molecule has 0 radical (unpaired) electrons. The molecule has 8 nitrogen and oxygen atoms in total. The van der Waals surface area contributed by atoms with Crippen molar-refractivity contribution in [2.45, 2.75) is 25.8 Å². The number of hydrogen-bond acceptors (Lipinski definition) is 8. The highest BCUT2D eigenvalue weighted by Crippen LogP contribution is 2.36. The van der Waals surface area contributed by atoms with E-state index in [-0.39, 0.29) is 0 Å². The van der Waals surface area contributed by atoms with Crippen LogP contribution in [0.2, 0.25) is 0 Å². The van der Waals surface area contributed by atoms with Gasteiger partial charge in [0.05, 0.1) is 30.8 Å². The van der Waals surface area contributed by atoms with Gasteiger partial charge in [0.15, 0.2) is 11.6 Å². The van der Waals surface area contributed by atoms with Gasteiger partial charge in [0.2, 0.25) is 5.95 Å². The van der Waals surface area contributed by atoms with Crippen molar-refractivity contribution < 1.29 is 4.74 Å². The Morgan fingerprint density at radius 3 is 2.70 bits per heavy atom. The van der Waals surface area contributed by atoms with E-state index in [2.05, 4.69) is 61.5 Å². The second-order valence-electron chi connectivity index (χ2n) is 7.67. The molecule has 1 saturated heterocycles. The number of aromatic nitrogens is 4. The van der Waals surface area contributed by atoms with Crippen LogP contribution < -0.4 is 19.9 Å². The first-order chi connectivity index (χ1) is 14.8. The van der Waals surface area contributed by atoms with Crippen LogP contribution in [0.1, 0.15) is 18.4 Å². The lowest BCUT2D eigenvalue weighted by molar-refractivity contribution is 0.310. The second-order valence-corrected chi connectivity index (χ2v) is 7.67. The minimum Gasteiger partial charge on any atom is -0.486 e. The zero-order valence-corrected chi connectivity index (χ0v) is 17.0. The average molecular weight is 403 g/mol. The molecular formula is C22H25N7O. The molecule has 1 fully saturated rings. The van der Waals surface area contributed by atoms with Crippen molar-refractivity contribution in [1.82, 2.24) is 20.2 Å². The van der Waals surface area contributed by atoms with Crippen LogP contribution in [0.15, 0.2) is 48.9 Å². The topological polar surface area (TPSA) is 79.3 Å².